The van der Waals surface area contributed by atoms with Gasteiger partial charge in [0, 0.05) is 37.9 Å². The molecule has 6 heteroatoms. The molecule has 3 rings (SSSR count). The van der Waals surface area contributed by atoms with Crippen LogP contribution in [0, 0.1) is 0 Å². The Kier molecular flexibility index (Phi) is 7.72. The van der Waals surface area contributed by atoms with E-state index in [0.29, 0.717) is 19.7 Å². The number of hydrogen-bond donors (Lipinski definition) is 2. The maximum absolute atomic E-state index is 13.0. The minimum atomic E-state index is -0.489. The quantitative estimate of drug-likeness (QED) is 0.555. The van der Waals surface area contributed by atoms with Gasteiger partial charge in [-0.15, -0.1) is 0 Å². The van der Waals surface area contributed by atoms with E-state index in [4.69, 9.17) is 4.74 Å². The molecular weight excluding hydrogens is 364 g/mol. The van der Waals surface area contributed by atoms with Gasteiger partial charge in [0.1, 0.15) is 11.8 Å². The molecule has 2 N–H and O–H groups in total. The van der Waals surface area contributed by atoms with Crippen LogP contribution in [0.3, 0.4) is 0 Å². The van der Waals surface area contributed by atoms with Gasteiger partial charge in [0.25, 0.3) is 0 Å². The van der Waals surface area contributed by atoms with Gasteiger partial charge < -0.3 is 10.1 Å². The molecule has 1 amide bonds. The third-order valence-electron chi connectivity index (χ3n) is 4.40. The minimum Gasteiger partial charge on any atom is -0.494 e. The summed E-state index contributed by atoms with van der Waals surface area (Å²) in [6.07, 6.45) is 7.91. The molecule has 0 saturated carbocycles. The molecule has 3 aromatic rings. The lowest BCUT2D eigenvalue weighted by Gasteiger charge is -2.19. The molecule has 150 valence electrons. The van der Waals surface area contributed by atoms with E-state index in [1.54, 1.807) is 24.8 Å². The van der Waals surface area contributed by atoms with Crippen LogP contribution in [0.1, 0.15) is 36.1 Å². The fourth-order valence-corrected chi connectivity index (χ4v) is 2.85. The molecule has 0 spiro atoms. The normalized spacial score (nSPS) is 11.6. The molecule has 0 aliphatic rings. The summed E-state index contributed by atoms with van der Waals surface area (Å²) in [4.78, 5) is 21.1. The molecule has 0 aliphatic carbocycles. The highest BCUT2D eigenvalue weighted by molar-refractivity contribution is 5.83. The zero-order chi connectivity index (χ0) is 20.3. The first kappa shape index (κ1) is 20.5. The molecule has 1 aromatic carbocycles. The van der Waals surface area contributed by atoms with Crippen molar-refractivity contribution in [2.45, 2.75) is 32.5 Å². The molecule has 0 aliphatic heterocycles. The molecule has 2 aromatic heterocycles. The summed E-state index contributed by atoms with van der Waals surface area (Å²) in [5.41, 5.74) is 2.90. The number of carbonyl (C=O) groups excluding carboxylic acids is 1. The van der Waals surface area contributed by atoms with Gasteiger partial charge in [0.05, 0.1) is 6.61 Å². The van der Waals surface area contributed by atoms with Gasteiger partial charge >= 0.3 is 0 Å². The maximum Gasteiger partial charge on any atom is 0.242 e. The summed E-state index contributed by atoms with van der Waals surface area (Å²) in [6, 6.07) is 14.8. The van der Waals surface area contributed by atoms with Gasteiger partial charge in [-0.25, -0.2) is 0 Å². The molecule has 2 heterocycles. The Morgan fingerprint density at radius 1 is 0.966 bits per heavy atom. The van der Waals surface area contributed by atoms with Gasteiger partial charge in [-0.2, -0.15) is 0 Å². The number of aromatic nitrogens is 2. The first-order valence-electron chi connectivity index (χ1n) is 9.78. The molecule has 1 unspecified atom stereocenters. The molecule has 0 radical (unpaired) electrons. The van der Waals surface area contributed by atoms with E-state index >= 15 is 0 Å². The summed E-state index contributed by atoms with van der Waals surface area (Å²) < 4.78 is 5.65. The molecular formula is C23H26N4O2. The van der Waals surface area contributed by atoms with Crippen molar-refractivity contribution in [3.63, 3.8) is 0 Å². The van der Waals surface area contributed by atoms with Crippen LogP contribution in [0.4, 0.5) is 0 Å². The second-order valence-electron chi connectivity index (χ2n) is 6.67. The van der Waals surface area contributed by atoms with Gasteiger partial charge in [-0.1, -0.05) is 25.1 Å². The van der Waals surface area contributed by atoms with Crippen LogP contribution in [0.25, 0.3) is 0 Å². The number of rotatable bonds is 10. The van der Waals surface area contributed by atoms with Crippen LogP contribution >= 0.6 is 0 Å². The van der Waals surface area contributed by atoms with Crippen LogP contribution in [-0.2, 0) is 17.9 Å². The predicted octanol–water partition coefficient (Wildman–Crippen LogP) is 3.41. The number of carbonyl (C=O) groups is 1. The lowest BCUT2D eigenvalue weighted by Crippen LogP contribution is -2.37. The molecule has 29 heavy (non-hydrogen) atoms. The zero-order valence-electron chi connectivity index (χ0n) is 16.5. The molecule has 0 fully saturated rings. The van der Waals surface area contributed by atoms with Crippen molar-refractivity contribution in [3.05, 3.63) is 90.0 Å². The lowest BCUT2D eigenvalue weighted by atomic mass is 10.1. The summed E-state index contributed by atoms with van der Waals surface area (Å²) in [5.74, 6) is 0.715. The van der Waals surface area contributed by atoms with E-state index in [1.165, 1.54) is 0 Å². The molecule has 0 bridgehead atoms. The number of nitrogens with zero attached hydrogens (tertiary/aromatic N) is 2. The van der Waals surface area contributed by atoms with E-state index in [1.807, 2.05) is 48.5 Å². The first-order chi connectivity index (χ1) is 14.3. The van der Waals surface area contributed by atoms with Crippen molar-refractivity contribution >= 4 is 5.91 Å². The molecule has 6 nitrogen and oxygen atoms in total. The van der Waals surface area contributed by atoms with Crippen LogP contribution in [0.2, 0.25) is 0 Å². The average molecular weight is 390 g/mol. The Bertz CT molecular complexity index is 870. The van der Waals surface area contributed by atoms with E-state index in [2.05, 4.69) is 27.5 Å². The fourth-order valence-electron chi connectivity index (χ4n) is 2.85. The Balaban J connectivity index is 1.70. The second-order valence-corrected chi connectivity index (χ2v) is 6.67. The highest BCUT2D eigenvalue weighted by Gasteiger charge is 2.20. The number of hydrogen-bond acceptors (Lipinski definition) is 5. The smallest absolute Gasteiger partial charge is 0.242 e. The van der Waals surface area contributed by atoms with E-state index in [0.717, 1.165) is 28.9 Å². The zero-order valence-corrected chi connectivity index (χ0v) is 16.5. The number of benzene rings is 1. The third kappa shape index (κ3) is 6.40. The average Bonchev–Trinajstić information content (AvgIpc) is 2.78. The van der Waals surface area contributed by atoms with Crippen LogP contribution in [0.15, 0.2) is 73.3 Å². The van der Waals surface area contributed by atoms with Crippen LogP contribution in [-0.4, -0.2) is 22.5 Å². The predicted molar refractivity (Wildman–Crippen MR) is 112 cm³/mol. The van der Waals surface area contributed by atoms with Crippen molar-refractivity contribution in [2.24, 2.45) is 0 Å². The third-order valence-corrected chi connectivity index (χ3v) is 4.40. The molecule has 0 saturated heterocycles. The van der Waals surface area contributed by atoms with E-state index < -0.39 is 6.04 Å². The van der Waals surface area contributed by atoms with Crippen molar-refractivity contribution in [1.29, 1.82) is 0 Å². The Morgan fingerprint density at radius 2 is 1.76 bits per heavy atom. The highest BCUT2D eigenvalue weighted by Crippen LogP contribution is 2.19. The second kappa shape index (κ2) is 10.9. The van der Waals surface area contributed by atoms with Crippen LogP contribution in [0.5, 0.6) is 5.75 Å². The van der Waals surface area contributed by atoms with E-state index in [-0.39, 0.29) is 5.91 Å². The SMILES string of the molecule is CCCOc1ccc(C(NCc2cccnc2)C(=O)NCc2ccncc2)cc1. The standard InChI is InChI=1S/C23H26N4O2/c1-2-14-29-21-7-5-20(6-8-21)22(26-17-19-4-3-11-25-15-19)23(28)27-16-18-9-12-24-13-10-18/h3-13,15,22,26H,2,14,16-17H2,1H3,(H,27,28). The fraction of sp³-hybridized carbons (Fsp3) is 0.261. The van der Waals surface area contributed by atoms with E-state index in [9.17, 15) is 4.79 Å². The summed E-state index contributed by atoms with van der Waals surface area (Å²) in [6.45, 7) is 3.73. The van der Waals surface area contributed by atoms with Crippen molar-refractivity contribution in [3.8, 4) is 5.75 Å². The monoisotopic (exact) mass is 390 g/mol. The largest absolute Gasteiger partial charge is 0.494 e. The van der Waals surface area contributed by atoms with Crippen molar-refractivity contribution < 1.29 is 9.53 Å². The van der Waals surface area contributed by atoms with Crippen molar-refractivity contribution in [2.75, 3.05) is 6.61 Å². The number of ether oxygens (including phenoxy) is 1. The van der Waals surface area contributed by atoms with Gasteiger partial charge in [-0.05, 0) is 53.4 Å². The van der Waals surface area contributed by atoms with Crippen LogP contribution < -0.4 is 15.4 Å². The lowest BCUT2D eigenvalue weighted by molar-refractivity contribution is -0.123. The number of amides is 1. The van der Waals surface area contributed by atoms with Gasteiger partial charge in [0.15, 0.2) is 0 Å². The minimum absolute atomic E-state index is 0.0899. The highest BCUT2D eigenvalue weighted by atomic mass is 16.5. The van der Waals surface area contributed by atoms with Crippen molar-refractivity contribution in [1.82, 2.24) is 20.6 Å². The first-order valence-corrected chi connectivity index (χ1v) is 9.78. The number of pyridine rings is 2. The Morgan fingerprint density at radius 3 is 2.45 bits per heavy atom. The molecule has 1 atom stereocenters. The number of nitrogens with one attached hydrogen (secondary N) is 2. The topological polar surface area (TPSA) is 76.1 Å². The summed E-state index contributed by atoms with van der Waals surface area (Å²) >= 11 is 0. The summed E-state index contributed by atoms with van der Waals surface area (Å²) in [7, 11) is 0. The van der Waals surface area contributed by atoms with Gasteiger partial charge in [-0.3, -0.25) is 20.1 Å². The van der Waals surface area contributed by atoms with Gasteiger partial charge in [0.2, 0.25) is 5.91 Å². The summed E-state index contributed by atoms with van der Waals surface area (Å²) in [5, 5.41) is 6.35. The Labute approximate surface area is 171 Å². The maximum atomic E-state index is 13.0. The Hall–Kier alpha value is -3.25.